The molecule has 4 aliphatic carbocycles. The zero-order valence-electron chi connectivity index (χ0n) is 7.11. The summed E-state index contributed by atoms with van der Waals surface area (Å²) in [5, 5.41) is 20.0. The fourth-order valence-corrected chi connectivity index (χ4v) is 3.58. The largest absolute Gasteiger partial charge is 0.310 e. The molecule has 0 spiro atoms. The molecule has 7 nitrogen and oxygen atoms in total. The van der Waals surface area contributed by atoms with E-state index in [1.807, 2.05) is 0 Å². The van der Waals surface area contributed by atoms with Crippen molar-refractivity contribution in [2.24, 2.45) is 23.7 Å². The van der Waals surface area contributed by atoms with Crippen LogP contribution in [-0.4, -0.2) is 22.2 Å². The first-order chi connectivity index (χ1) is 6.61. The van der Waals surface area contributed by atoms with E-state index in [4.69, 9.17) is 0 Å². The molecule has 4 aliphatic rings. The Labute approximate surface area is 78.3 Å². The van der Waals surface area contributed by atoms with Crippen LogP contribution >= 0.6 is 0 Å². The van der Waals surface area contributed by atoms with Crippen LogP contribution < -0.4 is 0 Å². The SMILES string of the molecule is O=[N+]([O-])OC1C2CC3C1C3C2[N+](=O)[O-]. The Bertz CT molecular complexity index is 332. The second-order valence-electron chi connectivity index (χ2n) is 4.29. The lowest BCUT2D eigenvalue weighted by molar-refractivity contribution is -0.771. The van der Waals surface area contributed by atoms with Crippen molar-refractivity contribution in [3.05, 3.63) is 20.2 Å². The van der Waals surface area contributed by atoms with E-state index >= 15 is 0 Å². The fraction of sp³-hybridized carbons (Fsp3) is 1.00. The molecule has 6 unspecified atom stereocenters. The molecule has 7 heteroatoms. The van der Waals surface area contributed by atoms with Gasteiger partial charge in [0.2, 0.25) is 6.04 Å². The molecule has 4 bridgehead atoms. The molecule has 4 saturated carbocycles. The van der Waals surface area contributed by atoms with Crippen LogP contribution in [0.3, 0.4) is 0 Å². The van der Waals surface area contributed by atoms with Crippen LogP contribution in [-0.2, 0) is 4.84 Å². The van der Waals surface area contributed by atoms with Crippen LogP contribution in [0, 0.1) is 43.9 Å². The van der Waals surface area contributed by atoms with Crippen LogP contribution in [0.25, 0.3) is 0 Å². The molecule has 76 valence electrons. The van der Waals surface area contributed by atoms with E-state index in [0.29, 0.717) is 5.92 Å². The topological polar surface area (TPSA) is 95.5 Å². The number of nitrogens with zero attached hydrogens (tertiary/aromatic N) is 2. The van der Waals surface area contributed by atoms with Crippen molar-refractivity contribution in [3.8, 4) is 0 Å². The van der Waals surface area contributed by atoms with Gasteiger partial charge in [-0.3, -0.25) is 10.1 Å². The highest BCUT2D eigenvalue weighted by Crippen LogP contribution is 2.71. The van der Waals surface area contributed by atoms with Gasteiger partial charge < -0.3 is 4.84 Å². The molecule has 0 aromatic heterocycles. The van der Waals surface area contributed by atoms with Crippen molar-refractivity contribution in [3.63, 3.8) is 0 Å². The Kier molecular flexibility index (Phi) is 1.22. The van der Waals surface area contributed by atoms with Gasteiger partial charge in [0, 0.05) is 10.8 Å². The molecular weight excluding hydrogens is 192 g/mol. The maximum Gasteiger partial charge on any atom is 0.294 e. The molecule has 0 amide bonds. The van der Waals surface area contributed by atoms with Gasteiger partial charge in [-0.25, -0.2) is 0 Å². The fourth-order valence-electron chi connectivity index (χ4n) is 3.58. The molecule has 0 radical (unpaired) electrons. The molecule has 0 saturated heterocycles. The van der Waals surface area contributed by atoms with Crippen LogP contribution in [0.4, 0.5) is 0 Å². The second kappa shape index (κ2) is 2.15. The maximum absolute atomic E-state index is 10.7. The molecule has 4 rings (SSSR count). The average molecular weight is 200 g/mol. The van der Waals surface area contributed by atoms with E-state index in [0.717, 1.165) is 6.42 Å². The first kappa shape index (κ1) is 7.95. The molecule has 4 fully saturated rings. The molecule has 0 aliphatic heterocycles. The van der Waals surface area contributed by atoms with Crippen molar-refractivity contribution in [1.29, 1.82) is 0 Å². The third-order valence-electron chi connectivity index (χ3n) is 3.92. The van der Waals surface area contributed by atoms with Crippen LogP contribution in [0.2, 0.25) is 0 Å². The van der Waals surface area contributed by atoms with Crippen LogP contribution in [0.15, 0.2) is 0 Å². The van der Waals surface area contributed by atoms with Crippen molar-refractivity contribution in [2.45, 2.75) is 18.6 Å². The quantitative estimate of drug-likeness (QED) is 0.475. The predicted octanol–water partition coefficient (Wildman–Crippen LogP) is 0.104. The van der Waals surface area contributed by atoms with Gasteiger partial charge in [0.15, 0.2) is 0 Å². The summed E-state index contributed by atoms with van der Waals surface area (Å²) in [6, 6.07) is -0.588. The Hall–Kier alpha value is -1.40. The van der Waals surface area contributed by atoms with Gasteiger partial charge in [0.05, 0.1) is 5.92 Å². The Balaban J connectivity index is 1.81. The summed E-state index contributed by atoms with van der Waals surface area (Å²) >= 11 is 0. The van der Waals surface area contributed by atoms with Gasteiger partial charge in [-0.15, -0.1) is 10.1 Å². The lowest BCUT2D eigenvalue weighted by atomic mass is 10.1. The number of rotatable bonds is 3. The van der Waals surface area contributed by atoms with Gasteiger partial charge in [0.1, 0.15) is 6.10 Å². The van der Waals surface area contributed by atoms with Gasteiger partial charge in [-0.05, 0) is 18.3 Å². The Morgan fingerprint density at radius 2 is 1.86 bits per heavy atom. The summed E-state index contributed by atoms with van der Waals surface area (Å²) in [5.74, 6) is 0.233. The zero-order valence-corrected chi connectivity index (χ0v) is 7.11. The van der Waals surface area contributed by atoms with E-state index in [-0.39, 0.29) is 22.7 Å². The molecule has 0 N–H and O–H groups in total. The van der Waals surface area contributed by atoms with Crippen molar-refractivity contribution >= 4 is 0 Å². The molecular formula is C7H8N2O5. The maximum atomic E-state index is 10.7. The monoisotopic (exact) mass is 200 g/mol. The number of hydrogen-bond donors (Lipinski definition) is 0. The number of nitro groups is 1. The smallest absolute Gasteiger partial charge is 0.294 e. The normalized spacial score (nSPS) is 51.7. The first-order valence-corrected chi connectivity index (χ1v) is 4.56. The molecule has 6 atom stereocenters. The summed E-state index contributed by atoms with van der Waals surface area (Å²) in [4.78, 5) is 25.1. The Morgan fingerprint density at radius 3 is 2.29 bits per heavy atom. The van der Waals surface area contributed by atoms with E-state index < -0.39 is 17.2 Å². The molecule has 0 heterocycles. The van der Waals surface area contributed by atoms with Crippen molar-refractivity contribution < 1.29 is 14.8 Å². The summed E-state index contributed by atoms with van der Waals surface area (Å²) in [7, 11) is 0. The van der Waals surface area contributed by atoms with E-state index in [9.17, 15) is 20.2 Å². The number of hydrogen-bond acceptors (Lipinski definition) is 5. The lowest BCUT2D eigenvalue weighted by Crippen LogP contribution is -2.30. The standard InChI is InChI=1S/C7H8N2O5/c10-8(11)6-3-1-2-4(6)5(2)7(3)14-9(12)13/h2-7H,1H2. The minimum absolute atomic E-state index is 0.0555. The summed E-state index contributed by atoms with van der Waals surface area (Å²) < 4.78 is 0. The third-order valence-corrected chi connectivity index (χ3v) is 3.92. The highest BCUT2D eigenvalue weighted by atomic mass is 17.0. The summed E-state index contributed by atoms with van der Waals surface area (Å²) in [6.07, 6.45) is 0.231. The second-order valence-corrected chi connectivity index (χ2v) is 4.29. The third kappa shape index (κ3) is 0.729. The minimum Gasteiger partial charge on any atom is -0.310 e. The molecule has 14 heavy (non-hydrogen) atoms. The lowest BCUT2D eigenvalue weighted by Gasteiger charge is -2.12. The van der Waals surface area contributed by atoms with Gasteiger partial charge >= 0.3 is 0 Å². The first-order valence-electron chi connectivity index (χ1n) is 4.56. The molecule has 0 aromatic rings. The van der Waals surface area contributed by atoms with Gasteiger partial charge in [-0.2, -0.15) is 0 Å². The van der Waals surface area contributed by atoms with Gasteiger partial charge in [0.25, 0.3) is 5.09 Å². The summed E-state index contributed by atoms with van der Waals surface area (Å²) in [6.45, 7) is 0. The van der Waals surface area contributed by atoms with E-state index in [1.165, 1.54) is 0 Å². The van der Waals surface area contributed by atoms with E-state index in [2.05, 4.69) is 4.84 Å². The Morgan fingerprint density at radius 1 is 1.14 bits per heavy atom. The highest BCUT2D eigenvalue weighted by Gasteiger charge is 2.79. The van der Waals surface area contributed by atoms with Crippen LogP contribution in [0.1, 0.15) is 6.42 Å². The van der Waals surface area contributed by atoms with Gasteiger partial charge in [-0.1, -0.05) is 0 Å². The molecule has 0 aromatic carbocycles. The summed E-state index contributed by atoms with van der Waals surface area (Å²) in [5.41, 5.74) is 0. The predicted molar refractivity (Wildman–Crippen MR) is 41.2 cm³/mol. The highest BCUT2D eigenvalue weighted by molar-refractivity contribution is 5.21. The van der Waals surface area contributed by atoms with E-state index in [1.54, 1.807) is 0 Å². The average Bonchev–Trinajstić information content (AvgIpc) is 2.42. The van der Waals surface area contributed by atoms with Crippen molar-refractivity contribution in [1.82, 2.24) is 0 Å². The van der Waals surface area contributed by atoms with Crippen LogP contribution in [0.5, 0.6) is 0 Å². The van der Waals surface area contributed by atoms with Crippen molar-refractivity contribution in [2.75, 3.05) is 0 Å². The minimum atomic E-state index is -0.822. The zero-order chi connectivity index (χ0) is 10.0.